The van der Waals surface area contributed by atoms with E-state index >= 15 is 0 Å². The number of rotatable bonds is 6. The van der Waals surface area contributed by atoms with Crippen molar-refractivity contribution in [2.75, 3.05) is 25.1 Å². The maximum Gasteiger partial charge on any atom is 0.416 e. The van der Waals surface area contributed by atoms with E-state index in [4.69, 9.17) is 16.3 Å². The van der Waals surface area contributed by atoms with Gasteiger partial charge in [0.2, 0.25) is 11.7 Å². The third-order valence-electron chi connectivity index (χ3n) is 6.62. The van der Waals surface area contributed by atoms with Crippen LogP contribution in [0.1, 0.15) is 62.7 Å². The molecule has 0 saturated heterocycles. The Labute approximate surface area is 240 Å². The van der Waals surface area contributed by atoms with Gasteiger partial charge in [-0.15, -0.1) is 5.10 Å². The van der Waals surface area contributed by atoms with Crippen LogP contribution in [0.2, 0.25) is 5.02 Å². The predicted octanol–water partition coefficient (Wildman–Crippen LogP) is 5.32. The first-order valence-electron chi connectivity index (χ1n) is 13.6. The second-order valence-corrected chi connectivity index (χ2v) is 9.60. The van der Waals surface area contributed by atoms with Gasteiger partial charge in [0.15, 0.2) is 5.82 Å². The van der Waals surface area contributed by atoms with Gasteiger partial charge in [-0.05, 0) is 49.5 Å². The third kappa shape index (κ3) is 6.48. The number of nitrogens with one attached hydrogen (secondary N) is 2. The number of benzene rings is 1. The summed E-state index contributed by atoms with van der Waals surface area (Å²) in [5.74, 6) is 0.0106. The van der Waals surface area contributed by atoms with E-state index in [-0.39, 0.29) is 28.6 Å². The van der Waals surface area contributed by atoms with Crippen LogP contribution in [0.3, 0.4) is 0 Å². The summed E-state index contributed by atoms with van der Waals surface area (Å²) < 4.78 is 47.3. The van der Waals surface area contributed by atoms with Crippen molar-refractivity contribution in [2.45, 2.75) is 59.2 Å². The van der Waals surface area contributed by atoms with Crippen molar-refractivity contribution in [1.82, 2.24) is 24.5 Å². The zero-order valence-corrected chi connectivity index (χ0v) is 23.8. The number of ether oxygens (including phenoxy) is 1. The molecule has 1 aromatic carbocycles. The Hall–Kier alpha value is -3.64. The van der Waals surface area contributed by atoms with Crippen molar-refractivity contribution in [3.8, 4) is 0 Å². The number of alkyl halides is 3. The lowest BCUT2D eigenvalue weighted by atomic mass is 10.0. The van der Waals surface area contributed by atoms with Gasteiger partial charge >= 0.3 is 6.18 Å². The van der Waals surface area contributed by atoms with Crippen LogP contribution in [0.25, 0.3) is 17.0 Å². The molecule has 0 unspecified atom stereocenters. The third-order valence-corrected chi connectivity index (χ3v) is 6.94. The van der Waals surface area contributed by atoms with Crippen LogP contribution in [-0.4, -0.2) is 44.8 Å². The highest BCUT2D eigenvalue weighted by atomic mass is 35.5. The molecule has 0 saturated carbocycles. The van der Waals surface area contributed by atoms with E-state index in [1.54, 1.807) is 4.57 Å². The lowest BCUT2D eigenvalue weighted by Crippen LogP contribution is -2.33. The molecule has 41 heavy (non-hydrogen) atoms. The Balaban J connectivity index is 0.00000189. The molecular weight excluding hydrogens is 561 g/mol. The second kappa shape index (κ2) is 12.9. The number of hydrogen-bond donors (Lipinski definition) is 2. The van der Waals surface area contributed by atoms with E-state index in [9.17, 15) is 22.8 Å². The standard InChI is InChI=1S/C26H26ClF3N6O3.C2H6/c1-2-20-22(19-5-3-4-10-31-19)24(38)36-25(33-23(34-36)15-8-11-39-12-9-15)35(20)14-21(37)32-18-7-6-16(13-17(18)27)26(28,29)30;1-2/h5-8,13,31H,2-4,9-12,14H2,1H3,(H,32,37);1-2H3. The Kier molecular flexibility index (Phi) is 9.54. The fourth-order valence-electron chi connectivity index (χ4n) is 4.73. The normalized spacial score (nSPS) is 15.4. The van der Waals surface area contributed by atoms with Crippen LogP contribution in [0, 0.1) is 0 Å². The monoisotopic (exact) mass is 592 g/mol. The van der Waals surface area contributed by atoms with E-state index in [0.717, 1.165) is 36.6 Å². The first-order valence-corrected chi connectivity index (χ1v) is 14.0. The van der Waals surface area contributed by atoms with E-state index in [1.807, 2.05) is 32.9 Å². The molecule has 3 aromatic rings. The molecule has 2 aliphatic rings. The Morgan fingerprint density at radius 2 is 2.02 bits per heavy atom. The lowest BCUT2D eigenvalue weighted by molar-refractivity contribution is -0.137. The molecule has 0 spiro atoms. The van der Waals surface area contributed by atoms with Crippen LogP contribution >= 0.6 is 11.6 Å². The van der Waals surface area contributed by atoms with Gasteiger partial charge in [0.25, 0.3) is 5.56 Å². The van der Waals surface area contributed by atoms with Gasteiger partial charge in [0.1, 0.15) is 6.54 Å². The van der Waals surface area contributed by atoms with Gasteiger partial charge in [-0.3, -0.25) is 9.59 Å². The minimum absolute atomic E-state index is 0.0381. The number of hydrogen-bond acceptors (Lipinski definition) is 6. The summed E-state index contributed by atoms with van der Waals surface area (Å²) in [7, 11) is 0. The number of halogens is 4. The SMILES string of the molecule is CC.CCc1c(C2=CCCCN2)c(=O)n2nc(C3=CCOCC3)nc2n1CC(=O)Nc1ccc(C(F)(F)F)cc1Cl. The van der Waals surface area contributed by atoms with E-state index in [1.165, 1.54) is 4.52 Å². The molecule has 9 nitrogen and oxygen atoms in total. The number of fused-ring (bicyclic) bond motifs is 1. The molecule has 0 atom stereocenters. The summed E-state index contributed by atoms with van der Waals surface area (Å²) in [4.78, 5) is 31.5. The average Bonchev–Trinajstić information content (AvgIpc) is 3.43. The van der Waals surface area contributed by atoms with Crippen LogP contribution in [0.4, 0.5) is 18.9 Å². The van der Waals surface area contributed by atoms with Gasteiger partial charge in [-0.1, -0.05) is 44.5 Å². The highest BCUT2D eigenvalue weighted by molar-refractivity contribution is 6.33. The van der Waals surface area contributed by atoms with E-state index in [0.29, 0.717) is 55.4 Å². The van der Waals surface area contributed by atoms with Crippen LogP contribution in [0.15, 0.2) is 35.1 Å². The zero-order chi connectivity index (χ0) is 29.7. The second-order valence-electron chi connectivity index (χ2n) is 9.20. The quantitative estimate of drug-likeness (QED) is 0.402. The molecule has 2 aliphatic heterocycles. The number of amides is 1. The summed E-state index contributed by atoms with van der Waals surface area (Å²) in [6.07, 6.45) is 1.97. The Morgan fingerprint density at radius 1 is 1.24 bits per heavy atom. The first kappa shape index (κ1) is 30.3. The van der Waals surface area contributed by atoms with E-state index in [2.05, 4.69) is 20.7 Å². The van der Waals surface area contributed by atoms with Crippen molar-refractivity contribution in [2.24, 2.45) is 0 Å². The molecule has 0 aliphatic carbocycles. The van der Waals surface area contributed by atoms with Crippen LogP contribution < -0.4 is 16.2 Å². The van der Waals surface area contributed by atoms with Crippen LogP contribution in [0.5, 0.6) is 0 Å². The van der Waals surface area contributed by atoms with Crippen molar-refractivity contribution in [3.05, 3.63) is 68.4 Å². The van der Waals surface area contributed by atoms with Crippen LogP contribution in [-0.2, 0) is 28.7 Å². The highest BCUT2D eigenvalue weighted by Gasteiger charge is 2.31. The average molecular weight is 593 g/mol. The van der Waals surface area contributed by atoms with Gasteiger partial charge in [-0.2, -0.15) is 22.7 Å². The smallest absolute Gasteiger partial charge is 0.385 e. The number of anilines is 1. The Bertz CT molecular complexity index is 1560. The maximum atomic E-state index is 13.7. The molecule has 220 valence electrons. The van der Waals surface area contributed by atoms with Crippen molar-refractivity contribution >= 4 is 40.2 Å². The summed E-state index contributed by atoms with van der Waals surface area (Å²) in [5.41, 5.74) is 1.27. The molecule has 4 heterocycles. The number of nitrogens with zero attached hydrogens (tertiary/aromatic N) is 4. The number of carbonyl (C=O) groups is 1. The molecule has 2 N–H and O–H groups in total. The first-order chi connectivity index (χ1) is 19.7. The molecule has 13 heteroatoms. The number of allylic oxidation sites excluding steroid dienone is 1. The zero-order valence-electron chi connectivity index (χ0n) is 23.1. The minimum Gasteiger partial charge on any atom is -0.385 e. The summed E-state index contributed by atoms with van der Waals surface area (Å²) >= 11 is 6.05. The maximum absolute atomic E-state index is 13.7. The van der Waals surface area contributed by atoms with Crippen molar-refractivity contribution in [1.29, 1.82) is 0 Å². The van der Waals surface area contributed by atoms with E-state index < -0.39 is 17.6 Å². The van der Waals surface area contributed by atoms with Gasteiger partial charge < -0.3 is 19.9 Å². The predicted molar refractivity (Wildman–Crippen MR) is 152 cm³/mol. The number of aromatic nitrogens is 4. The minimum atomic E-state index is -4.56. The van der Waals surface area contributed by atoms with Gasteiger partial charge in [0, 0.05) is 17.9 Å². The molecule has 0 radical (unpaired) electrons. The molecule has 2 aromatic heterocycles. The Morgan fingerprint density at radius 3 is 2.63 bits per heavy atom. The molecule has 5 rings (SSSR count). The molecule has 0 bridgehead atoms. The number of carbonyl (C=O) groups excluding carboxylic acids is 1. The summed E-state index contributed by atoms with van der Waals surface area (Å²) in [5, 5.41) is 10.1. The van der Waals surface area contributed by atoms with Gasteiger partial charge in [-0.25, -0.2) is 0 Å². The fraction of sp³-hybridized carbons (Fsp3) is 0.429. The fourth-order valence-corrected chi connectivity index (χ4v) is 4.96. The highest BCUT2D eigenvalue weighted by Crippen LogP contribution is 2.34. The molecular formula is C28H32ClF3N6O3. The topological polar surface area (TPSA) is 103 Å². The molecule has 0 fully saturated rings. The summed E-state index contributed by atoms with van der Waals surface area (Å²) in [6, 6.07) is 2.72. The molecule has 1 amide bonds. The van der Waals surface area contributed by atoms with Crippen molar-refractivity contribution in [3.63, 3.8) is 0 Å². The van der Waals surface area contributed by atoms with Crippen molar-refractivity contribution < 1.29 is 22.7 Å². The van der Waals surface area contributed by atoms with Gasteiger partial charge in [0.05, 0.1) is 35.1 Å². The largest absolute Gasteiger partial charge is 0.416 e. The summed E-state index contributed by atoms with van der Waals surface area (Å²) in [6.45, 7) is 7.22. The lowest BCUT2D eigenvalue weighted by Gasteiger charge is -2.21.